The molecule has 0 aromatic heterocycles. The Kier molecular flexibility index (Phi) is 5.28. The molecule has 0 saturated carbocycles. The monoisotopic (exact) mass is 319 g/mol. The molecule has 0 amide bonds. The lowest BCUT2D eigenvalue weighted by atomic mass is 10.2. The first-order valence-electron chi connectivity index (χ1n) is 6.43. The maximum Gasteiger partial charge on any atom is 0.119 e. The molecule has 0 radical (unpaired) electrons. The summed E-state index contributed by atoms with van der Waals surface area (Å²) in [5.74, 6) is 0.931. The van der Waals surface area contributed by atoms with Crippen molar-refractivity contribution < 1.29 is 4.74 Å². The fourth-order valence-electron chi connectivity index (χ4n) is 1.71. The third-order valence-corrected chi connectivity index (χ3v) is 3.69. The van der Waals surface area contributed by atoms with Crippen LogP contribution in [0.1, 0.15) is 12.0 Å². The van der Waals surface area contributed by atoms with Crippen molar-refractivity contribution in [3.63, 3.8) is 0 Å². The molecule has 2 aromatic carbocycles. The standard InChI is InChI=1S/C16H18BrNO/c1-13-8-9-14(12-16(13)17)18-10-5-11-19-15-6-3-2-4-7-15/h2-4,6-9,12,18H,5,10-11H2,1H3. The van der Waals surface area contributed by atoms with Gasteiger partial charge < -0.3 is 10.1 Å². The Balaban J connectivity index is 1.68. The Morgan fingerprint density at radius 1 is 1.11 bits per heavy atom. The summed E-state index contributed by atoms with van der Waals surface area (Å²) in [5, 5.41) is 3.39. The van der Waals surface area contributed by atoms with Crippen molar-refractivity contribution >= 4 is 21.6 Å². The zero-order valence-corrected chi connectivity index (χ0v) is 12.6. The second-order valence-corrected chi connectivity index (χ2v) is 5.26. The molecule has 0 heterocycles. The van der Waals surface area contributed by atoms with Gasteiger partial charge in [-0.15, -0.1) is 0 Å². The molecule has 0 atom stereocenters. The molecule has 0 bridgehead atoms. The van der Waals surface area contributed by atoms with Crippen LogP contribution >= 0.6 is 15.9 Å². The van der Waals surface area contributed by atoms with Gasteiger partial charge >= 0.3 is 0 Å². The fraction of sp³-hybridized carbons (Fsp3) is 0.250. The lowest BCUT2D eigenvalue weighted by Crippen LogP contribution is -2.07. The number of rotatable bonds is 6. The third kappa shape index (κ3) is 4.60. The van der Waals surface area contributed by atoms with E-state index < -0.39 is 0 Å². The molecule has 0 aliphatic rings. The zero-order valence-electron chi connectivity index (χ0n) is 11.0. The number of halogens is 1. The van der Waals surface area contributed by atoms with Gasteiger partial charge in [0.05, 0.1) is 6.61 Å². The highest BCUT2D eigenvalue weighted by Gasteiger charge is 1.97. The van der Waals surface area contributed by atoms with Crippen LogP contribution in [0, 0.1) is 6.92 Å². The minimum absolute atomic E-state index is 0.726. The van der Waals surface area contributed by atoms with Gasteiger partial charge in [0, 0.05) is 16.7 Å². The molecule has 100 valence electrons. The summed E-state index contributed by atoms with van der Waals surface area (Å²) in [7, 11) is 0. The number of anilines is 1. The second-order valence-electron chi connectivity index (χ2n) is 4.41. The van der Waals surface area contributed by atoms with E-state index in [9.17, 15) is 0 Å². The van der Waals surface area contributed by atoms with E-state index in [0.717, 1.165) is 35.5 Å². The first kappa shape index (κ1) is 13.9. The van der Waals surface area contributed by atoms with Crippen molar-refractivity contribution in [2.45, 2.75) is 13.3 Å². The van der Waals surface area contributed by atoms with Crippen molar-refractivity contribution in [2.24, 2.45) is 0 Å². The van der Waals surface area contributed by atoms with Crippen LogP contribution < -0.4 is 10.1 Å². The van der Waals surface area contributed by atoms with Crippen LogP contribution in [0.15, 0.2) is 53.0 Å². The molecule has 19 heavy (non-hydrogen) atoms. The Hall–Kier alpha value is -1.48. The van der Waals surface area contributed by atoms with Crippen LogP contribution in [-0.2, 0) is 0 Å². The van der Waals surface area contributed by atoms with Crippen LogP contribution in [0.3, 0.4) is 0 Å². The van der Waals surface area contributed by atoms with Gasteiger partial charge in [-0.05, 0) is 43.2 Å². The van der Waals surface area contributed by atoms with E-state index in [0.29, 0.717) is 0 Å². The molecule has 0 aliphatic carbocycles. The molecule has 0 unspecified atom stereocenters. The first-order valence-corrected chi connectivity index (χ1v) is 7.23. The number of aryl methyl sites for hydroxylation is 1. The van der Waals surface area contributed by atoms with Gasteiger partial charge in [0.1, 0.15) is 5.75 Å². The largest absolute Gasteiger partial charge is 0.494 e. The Morgan fingerprint density at radius 2 is 1.89 bits per heavy atom. The van der Waals surface area contributed by atoms with E-state index in [4.69, 9.17) is 4.74 Å². The summed E-state index contributed by atoms with van der Waals surface area (Å²) in [6.07, 6.45) is 0.973. The van der Waals surface area contributed by atoms with Gasteiger partial charge in [-0.1, -0.05) is 40.2 Å². The van der Waals surface area contributed by atoms with E-state index in [1.165, 1.54) is 5.56 Å². The van der Waals surface area contributed by atoms with E-state index >= 15 is 0 Å². The number of benzene rings is 2. The predicted octanol–water partition coefficient (Wildman–Crippen LogP) is 4.64. The minimum atomic E-state index is 0.726. The van der Waals surface area contributed by atoms with E-state index in [1.54, 1.807) is 0 Å². The quantitative estimate of drug-likeness (QED) is 0.783. The van der Waals surface area contributed by atoms with Gasteiger partial charge in [0.15, 0.2) is 0 Å². The van der Waals surface area contributed by atoms with Crippen molar-refractivity contribution in [1.82, 2.24) is 0 Å². The molecule has 2 nitrogen and oxygen atoms in total. The Morgan fingerprint density at radius 3 is 2.63 bits per heavy atom. The van der Waals surface area contributed by atoms with Crippen molar-refractivity contribution in [3.8, 4) is 5.75 Å². The maximum atomic E-state index is 5.64. The normalized spacial score (nSPS) is 10.2. The SMILES string of the molecule is Cc1ccc(NCCCOc2ccccc2)cc1Br. The molecule has 0 spiro atoms. The van der Waals surface area contributed by atoms with Crippen molar-refractivity contribution in [1.29, 1.82) is 0 Å². The molecule has 0 fully saturated rings. The highest BCUT2D eigenvalue weighted by Crippen LogP contribution is 2.20. The topological polar surface area (TPSA) is 21.3 Å². The number of hydrogen-bond acceptors (Lipinski definition) is 2. The third-order valence-electron chi connectivity index (χ3n) is 2.83. The summed E-state index contributed by atoms with van der Waals surface area (Å²) in [4.78, 5) is 0. The molecule has 2 rings (SSSR count). The van der Waals surface area contributed by atoms with E-state index in [2.05, 4.69) is 46.4 Å². The van der Waals surface area contributed by atoms with Crippen LogP contribution in [0.5, 0.6) is 5.75 Å². The second kappa shape index (κ2) is 7.19. The number of hydrogen-bond donors (Lipinski definition) is 1. The van der Waals surface area contributed by atoms with Gasteiger partial charge in [0.25, 0.3) is 0 Å². The highest BCUT2D eigenvalue weighted by molar-refractivity contribution is 9.10. The van der Waals surface area contributed by atoms with Gasteiger partial charge in [-0.3, -0.25) is 0 Å². The van der Waals surface area contributed by atoms with Crippen molar-refractivity contribution in [2.75, 3.05) is 18.5 Å². The number of ether oxygens (including phenoxy) is 1. The average molecular weight is 320 g/mol. The lowest BCUT2D eigenvalue weighted by Gasteiger charge is -2.09. The molecule has 0 aliphatic heterocycles. The van der Waals surface area contributed by atoms with Crippen LogP contribution in [0.2, 0.25) is 0 Å². The highest BCUT2D eigenvalue weighted by atomic mass is 79.9. The van der Waals surface area contributed by atoms with Crippen LogP contribution in [0.4, 0.5) is 5.69 Å². The molecule has 2 aromatic rings. The first-order chi connectivity index (χ1) is 9.25. The lowest BCUT2D eigenvalue weighted by molar-refractivity contribution is 0.315. The average Bonchev–Trinajstić information content (AvgIpc) is 2.43. The van der Waals surface area contributed by atoms with Crippen LogP contribution in [-0.4, -0.2) is 13.2 Å². The minimum Gasteiger partial charge on any atom is -0.494 e. The number of nitrogens with one attached hydrogen (secondary N) is 1. The summed E-state index contributed by atoms with van der Waals surface area (Å²) in [6.45, 7) is 3.72. The van der Waals surface area contributed by atoms with Gasteiger partial charge in [-0.2, -0.15) is 0 Å². The molecule has 1 N–H and O–H groups in total. The smallest absolute Gasteiger partial charge is 0.119 e. The summed E-state index contributed by atoms with van der Waals surface area (Å²) in [6, 6.07) is 16.2. The van der Waals surface area contributed by atoms with E-state index in [1.807, 2.05) is 30.3 Å². The Bertz CT molecular complexity index is 513. The zero-order chi connectivity index (χ0) is 13.5. The van der Waals surface area contributed by atoms with Gasteiger partial charge in [-0.25, -0.2) is 0 Å². The van der Waals surface area contributed by atoms with Gasteiger partial charge in [0.2, 0.25) is 0 Å². The molecule has 3 heteroatoms. The van der Waals surface area contributed by atoms with Crippen molar-refractivity contribution in [3.05, 3.63) is 58.6 Å². The predicted molar refractivity (Wildman–Crippen MR) is 83.9 cm³/mol. The van der Waals surface area contributed by atoms with E-state index in [-0.39, 0.29) is 0 Å². The summed E-state index contributed by atoms with van der Waals surface area (Å²) in [5.41, 5.74) is 2.38. The molecular weight excluding hydrogens is 302 g/mol. The maximum absolute atomic E-state index is 5.64. The molecule has 0 saturated heterocycles. The molecular formula is C16H18BrNO. The summed E-state index contributed by atoms with van der Waals surface area (Å²) >= 11 is 3.53. The fourth-order valence-corrected chi connectivity index (χ4v) is 2.09. The number of para-hydroxylation sites is 1. The Labute approximate surface area is 122 Å². The summed E-state index contributed by atoms with van der Waals surface area (Å²) < 4.78 is 6.77. The van der Waals surface area contributed by atoms with Crippen LogP contribution in [0.25, 0.3) is 0 Å².